The number of nitrogens with zero attached hydrogens (tertiary/aromatic N) is 2. The van der Waals surface area contributed by atoms with E-state index in [9.17, 15) is 14.0 Å². The molecule has 0 saturated heterocycles. The fraction of sp³-hybridized carbons (Fsp3) is 0.250. The van der Waals surface area contributed by atoms with E-state index in [4.69, 9.17) is 21.9 Å². The van der Waals surface area contributed by atoms with Crippen LogP contribution in [0.15, 0.2) is 18.2 Å². The molecule has 1 N–H and O–H groups in total. The van der Waals surface area contributed by atoms with E-state index in [1.165, 1.54) is 19.2 Å². The molecule has 1 rings (SSSR count). The van der Waals surface area contributed by atoms with E-state index in [1.807, 2.05) is 0 Å². The number of benzene rings is 1. The molecule has 20 heavy (non-hydrogen) atoms. The van der Waals surface area contributed by atoms with Crippen LogP contribution in [0.2, 0.25) is 5.02 Å². The highest BCUT2D eigenvalue weighted by Crippen LogP contribution is 2.17. The van der Waals surface area contributed by atoms with Gasteiger partial charge in [-0.3, -0.25) is 4.79 Å². The molecule has 0 bridgehead atoms. The van der Waals surface area contributed by atoms with Crippen molar-refractivity contribution >= 4 is 29.7 Å². The minimum Gasteiger partial charge on any atom is -0.437 e. The van der Waals surface area contributed by atoms with Gasteiger partial charge < -0.3 is 15.6 Å². The summed E-state index contributed by atoms with van der Waals surface area (Å²) in [6.07, 6.45) is -1.53. The van der Waals surface area contributed by atoms with Gasteiger partial charge in [-0.2, -0.15) is 4.79 Å². The van der Waals surface area contributed by atoms with Crippen LogP contribution in [0, 0.1) is 5.82 Å². The summed E-state index contributed by atoms with van der Waals surface area (Å²) in [5, 5.41) is 2.13. The molecule has 1 unspecified atom stereocenters. The van der Waals surface area contributed by atoms with E-state index in [-0.39, 0.29) is 11.4 Å². The van der Waals surface area contributed by atoms with Gasteiger partial charge in [-0.15, -0.1) is 0 Å². The minimum atomic E-state index is -1.23. The first-order valence-electron chi connectivity index (χ1n) is 5.51. The van der Waals surface area contributed by atoms with Crippen LogP contribution in [0.3, 0.4) is 0 Å². The van der Waals surface area contributed by atoms with Crippen molar-refractivity contribution in [1.82, 2.24) is 5.32 Å². The number of alkyl carbamates (subject to hydrolysis) is 1. The van der Waals surface area contributed by atoms with E-state index in [0.29, 0.717) is 11.8 Å². The number of hydrogen-bond donors (Lipinski definition) is 1. The van der Waals surface area contributed by atoms with E-state index in [1.54, 1.807) is 0 Å². The number of halogens is 2. The molecule has 0 aliphatic heterocycles. The number of Topliss-reactive ketones (excluding diaryl/α,β-unsaturated/α-hetero) is 1. The van der Waals surface area contributed by atoms with E-state index in [2.05, 4.69) is 10.1 Å². The monoisotopic (exact) mass is 299 g/mol. The Morgan fingerprint density at radius 1 is 1.60 bits per heavy atom. The van der Waals surface area contributed by atoms with Crippen molar-refractivity contribution in [2.45, 2.75) is 12.5 Å². The van der Waals surface area contributed by atoms with Crippen molar-refractivity contribution in [2.75, 3.05) is 7.05 Å². The van der Waals surface area contributed by atoms with Gasteiger partial charge in [-0.1, -0.05) is 17.7 Å². The fourth-order valence-electron chi connectivity index (χ4n) is 1.41. The molecule has 106 valence electrons. The highest BCUT2D eigenvalue weighted by atomic mass is 35.5. The van der Waals surface area contributed by atoms with E-state index in [0.717, 1.165) is 6.07 Å². The average molecular weight is 300 g/mol. The molecule has 1 aromatic carbocycles. The molecule has 0 saturated carbocycles. The van der Waals surface area contributed by atoms with Gasteiger partial charge in [-0.05, 0) is 17.7 Å². The van der Waals surface area contributed by atoms with Crippen molar-refractivity contribution in [3.63, 3.8) is 0 Å². The number of rotatable bonds is 5. The molecule has 1 aromatic rings. The third-order valence-electron chi connectivity index (χ3n) is 2.36. The number of carbonyl (C=O) groups excluding carboxylic acids is 2. The predicted octanol–water partition coefficient (Wildman–Crippen LogP) is 1.62. The number of carbonyl (C=O) groups is 2. The van der Waals surface area contributed by atoms with Gasteiger partial charge in [0.25, 0.3) is 5.78 Å². The number of ether oxygens (including phenoxy) is 1. The maximum absolute atomic E-state index is 13.3. The van der Waals surface area contributed by atoms with Crippen LogP contribution in [0.5, 0.6) is 0 Å². The number of hydrogen-bond acceptors (Lipinski definition) is 3. The minimum absolute atomic E-state index is 0.0548. The lowest BCUT2D eigenvalue weighted by molar-refractivity contribution is -0.123. The first-order valence-corrected chi connectivity index (χ1v) is 5.89. The van der Waals surface area contributed by atoms with Crippen LogP contribution in [0.4, 0.5) is 9.18 Å². The second-order valence-corrected chi connectivity index (χ2v) is 4.15. The zero-order valence-corrected chi connectivity index (χ0v) is 11.2. The molecule has 0 aromatic heterocycles. The van der Waals surface area contributed by atoms with E-state index >= 15 is 0 Å². The number of ketones is 1. The van der Waals surface area contributed by atoms with Gasteiger partial charge in [0.2, 0.25) is 0 Å². The van der Waals surface area contributed by atoms with Crippen molar-refractivity contribution in [1.29, 1.82) is 0 Å². The Bertz CT molecular complexity index is 573. The third kappa shape index (κ3) is 4.46. The molecule has 0 aliphatic rings. The number of nitrogens with one attached hydrogen (secondary N) is 1. The Morgan fingerprint density at radius 3 is 2.85 bits per heavy atom. The summed E-state index contributed by atoms with van der Waals surface area (Å²) >= 11 is 5.54. The smallest absolute Gasteiger partial charge is 0.407 e. The Morgan fingerprint density at radius 2 is 2.30 bits per heavy atom. The Balaban J connectivity index is 2.92. The molecule has 0 aliphatic carbocycles. The van der Waals surface area contributed by atoms with Crippen LogP contribution in [-0.2, 0) is 16.0 Å². The molecule has 8 heteroatoms. The Kier molecular flexibility index (Phi) is 5.83. The quantitative estimate of drug-likeness (QED) is 0.508. The van der Waals surface area contributed by atoms with Gasteiger partial charge in [0, 0.05) is 13.5 Å². The van der Waals surface area contributed by atoms with Crippen LogP contribution in [0.1, 0.15) is 5.56 Å². The maximum atomic E-state index is 13.3. The molecule has 0 radical (unpaired) electrons. The third-order valence-corrected chi connectivity index (χ3v) is 2.67. The first kappa shape index (κ1) is 15.8. The fourth-order valence-corrected chi connectivity index (χ4v) is 1.53. The first-order chi connectivity index (χ1) is 9.47. The van der Waals surface area contributed by atoms with Crippen LogP contribution in [0.25, 0.3) is 5.53 Å². The van der Waals surface area contributed by atoms with Gasteiger partial charge in [0.05, 0.1) is 5.02 Å². The highest BCUT2D eigenvalue weighted by Gasteiger charge is 2.24. The summed E-state index contributed by atoms with van der Waals surface area (Å²) in [5.41, 5.74) is 8.74. The molecule has 0 heterocycles. The average Bonchev–Trinajstić information content (AvgIpc) is 2.42. The van der Waals surface area contributed by atoms with Crippen LogP contribution >= 0.6 is 11.6 Å². The summed E-state index contributed by atoms with van der Waals surface area (Å²) in [6.45, 7) is 0. The molecule has 0 spiro atoms. The van der Waals surface area contributed by atoms with Crippen molar-refractivity contribution in [3.8, 4) is 0 Å². The predicted molar refractivity (Wildman–Crippen MR) is 69.1 cm³/mol. The SMILES string of the molecule is CNC(=O)OC(Cc1ccc(Cl)c(F)c1)C(=O)C=[N+]=[N-]. The normalized spacial score (nSPS) is 11.2. The Labute approximate surface area is 119 Å². The molecular formula is C12H11ClFN3O3. The second-order valence-electron chi connectivity index (χ2n) is 3.74. The Hall–Kier alpha value is -2.24. The largest absolute Gasteiger partial charge is 0.437 e. The summed E-state index contributed by atoms with van der Waals surface area (Å²) in [4.78, 5) is 25.4. The van der Waals surface area contributed by atoms with Crippen LogP contribution < -0.4 is 5.32 Å². The molecule has 1 amide bonds. The highest BCUT2D eigenvalue weighted by molar-refractivity contribution is 6.30. The number of amides is 1. The van der Waals surface area contributed by atoms with Crippen LogP contribution in [-0.4, -0.2) is 36.0 Å². The molecule has 1 atom stereocenters. The molecular weight excluding hydrogens is 289 g/mol. The lowest BCUT2D eigenvalue weighted by Crippen LogP contribution is -2.34. The lowest BCUT2D eigenvalue weighted by atomic mass is 10.1. The topological polar surface area (TPSA) is 91.8 Å². The van der Waals surface area contributed by atoms with Crippen molar-refractivity contribution < 1.29 is 23.5 Å². The lowest BCUT2D eigenvalue weighted by Gasteiger charge is -2.13. The zero-order valence-electron chi connectivity index (χ0n) is 10.5. The maximum Gasteiger partial charge on any atom is 0.407 e. The summed E-state index contributed by atoms with van der Waals surface area (Å²) in [6, 6.07) is 3.95. The molecule has 0 fully saturated rings. The van der Waals surface area contributed by atoms with Crippen molar-refractivity contribution in [2.24, 2.45) is 0 Å². The van der Waals surface area contributed by atoms with E-state index < -0.39 is 23.8 Å². The zero-order chi connectivity index (χ0) is 15.1. The second kappa shape index (κ2) is 7.37. The van der Waals surface area contributed by atoms with Gasteiger partial charge in [0.1, 0.15) is 5.82 Å². The van der Waals surface area contributed by atoms with Gasteiger partial charge in [-0.25, -0.2) is 9.18 Å². The summed E-state index contributed by atoms with van der Waals surface area (Å²) in [5.74, 6) is -1.38. The van der Waals surface area contributed by atoms with Gasteiger partial charge >= 0.3 is 12.3 Å². The summed E-state index contributed by atoms with van der Waals surface area (Å²) < 4.78 is 18.1. The standard InChI is InChI=1S/C12H11ClFN3O3/c1-16-12(19)20-11(10(18)6-17-15)5-7-2-3-8(13)9(14)4-7/h2-4,6,11H,5H2,1H3,(H,16,19). The summed E-state index contributed by atoms with van der Waals surface area (Å²) in [7, 11) is 1.33. The van der Waals surface area contributed by atoms with Gasteiger partial charge in [0.15, 0.2) is 6.10 Å². The van der Waals surface area contributed by atoms with Crippen molar-refractivity contribution in [3.05, 3.63) is 40.1 Å². The molecule has 6 nitrogen and oxygen atoms in total.